The first-order valence-electron chi connectivity index (χ1n) is 8.26. The van der Waals surface area contributed by atoms with Gasteiger partial charge in [-0.25, -0.2) is 0 Å². The van der Waals surface area contributed by atoms with Gasteiger partial charge in [-0.1, -0.05) is 23.7 Å². The normalized spacial score (nSPS) is 14.3. The van der Waals surface area contributed by atoms with Crippen molar-refractivity contribution in [3.8, 4) is 0 Å². The SMILES string of the molecule is CN(C)c1ccc(Cl)cc1NC(=O)c1ccccc1N1CCOCC1. The summed E-state index contributed by atoms with van der Waals surface area (Å²) in [6, 6.07) is 13.1. The summed E-state index contributed by atoms with van der Waals surface area (Å²) in [5.41, 5.74) is 3.17. The van der Waals surface area contributed by atoms with Crippen molar-refractivity contribution in [2.75, 3.05) is 55.5 Å². The topological polar surface area (TPSA) is 44.8 Å². The minimum atomic E-state index is -0.146. The Labute approximate surface area is 153 Å². The van der Waals surface area contributed by atoms with Gasteiger partial charge in [0, 0.05) is 37.9 Å². The lowest BCUT2D eigenvalue weighted by Crippen LogP contribution is -2.37. The number of benzene rings is 2. The number of nitrogens with zero attached hydrogens (tertiary/aromatic N) is 2. The van der Waals surface area contributed by atoms with Crippen molar-refractivity contribution >= 4 is 34.6 Å². The molecular formula is C19H22ClN3O2. The van der Waals surface area contributed by atoms with Crippen LogP contribution in [0.15, 0.2) is 42.5 Å². The van der Waals surface area contributed by atoms with E-state index >= 15 is 0 Å². The van der Waals surface area contributed by atoms with E-state index in [0.29, 0.717) is 29.5 Å². The summed E-state index contributed by atoms with van der Waals surface area (Å²) in [6.45, 7) is 2.92. The minimum absolute atomic E-state index is 0.146. The Morgan fingerprint density at radius 2 is 1.88 bits per heavy atom. The van der Waals surface area contributed by atoms with Gasteiger partial charge in [0.1, 0.15) is 0 Å². The van der Waals surface area contributed by atoms with Gasteiger partial charge in [0.2, 0.25) is 0 Å². The molecule has 0 bridgehead atoms. The molecule has 1 aliphatic heterocycles. The van der Waals surface area contributed by atoms with Gasteiger partial charge in [0.25, 0.3) is 5.91 Å². The van der Waals surface area contributed by atoms with Crippen LogP contribution in [0.2, 0.25) is 5.02 Å². The number of anilines is 3. The molecule has 0 saturated carbocycles. The highest BCUT2D eigenvalue weighted by Gasteiger charge is 2.19. The van der Waals surface area contributed by atoms with E-state index in [1.54, 1.807) is 6.07 Å². The quantitative estimate of drug-likeness (QED) is 0.907. The number of hydrogen-bond acceptors (Lipinski definition) is 4. The number of rotatable bonds is 4. The van der Waals surface area contributed by atoms with Crippen LogP contribution in [0.3, 0.4) is 0 Å². The fourth-order valence-electron chi connectivity index (χ4n) is 2.93. The Bertz CT molecular complexity index is 758. The molecule has 0 aliphatic carbocycles. The minimum Gasteiger partial charge on any atom is -0.378 e. The third-order valence-electron chi connectivity index (χ3n) is 4.19. The highest BCUT2D eigenvalue weighted by atomic mass is 35.5. The van der Waals surface area contributed by atoms with Crippen LogP contribution in [-0.4, -0.2) is 46.3 Å². The largest absolute Gasteiger partial charge is 0.378 e. The van der Waals surface area contributed by atoms with E-state index in [4.69, 9.17) is 16.3 Å². The summed E-state index contributed by atoms with van der Waals surface area (Å²) in [6.07, 6.45) is 0. The standard InChI is InChI=1S/C19H22ClN3O2/c1-22(2)18-8-7-14(20)13-16(18)21-19(24)15-5-3-4-6-17(15)23-9-11-25-12-10-23/h3-8,13H,9-12H2,1-2H3,(H,21,24). The van der Waals surface area contributed by atoms with Crippen molar-refractivity contribution in [1.82, 2.24) is 0 Å². The molecule has 132 valence electrons. The van der Waals surface area contributed by atoms with Gasteiger partial charge in [-0.15, -0.1) is 0 Å². The van der Waals surface area contributed by atoms with Crippen LogP contribution in [0.1, 0.15) is 10.4 Å². The summed E-state index contributed by atoms with van der Waals surface area (Å²) in [7, 11) is 3.86. The lowest BCUT2D eigenvalue weighted by molar-refractivity contribution is 0.102. The van der Waals surface area contributed by atoms with E-state index in [1.807, 2.05) is 55.4 Å². The van der Waals surface area contributed by atoms with Crippen molar-refractivity contribution in [3.63, 3.8) is 0 Å². The maximum Gasteiger partial charge on any atom is 0.257 e. The third-order valence-corrected chi connectivity index (χ3v) is 4.42. The van der Waals surface area contributed by atoms with Crippen LogP contribution in [-0.2, 0) is 4.74 Å². The molecule has 0 spiro atoms. The smallest absolute Gasteiger partial charge is 0.257 e. The molecule has 25 heavy (non-hydrogen) atoms. The van der Waals surface area contributed by atoms with E-state index in [2.05, 4.69) is 10.2 Å². The molecule has 0 aromatic heterocycles. The fourth-order valence-corrected chi connectivity index (χ4v) is 3.11. The molecule has 1 fully saturated rings. The van der Waals surface area contributed by atoms with Gasteiger partial charge in [0.05, 0.1) is 30.2 Å². The Balaban J connectivity index is 1.89. The number of halogens is 1. The molecule has 1 saturated heterocycles. The number of morpholine rings is 1. The first kappa shape index (κ1) is 17.6. The molecular weight excluding hydrogens is 338 g/mol. The van der Waals surface area contributed by atoms with Crippen LogP contribution in [0.25, 0.3) is 0 Å². The number of para-hydroxylation sites is 1. The number of hydrogen-bond donors (Lipinski definition) is 1. The summed E-state index contributed by atoms with van der Waals surface area (Å²) < 4.78 is 5.41. The van der Waals surface area contributed by atoms with Gasteiger partial charge < -0.3 is 19.9 Å². The average Bonchev–Trinajstić information content (AvgIpc) is 2.62. The second-order valence-corrected chi connectivity index (χ2v) is 6.56. The summed E-state index contributed by atoms with van der Waals surface area (Å²) in [5.74, 6) is -0.146. The first-order valence-corrected chi connectivity index (χ1v) is 8.64. The van der Waals surface area contributed by atoms with Gasteiger partial charge in [-0.05, 0) is 30.3 Å². The van der Waals surface area contributed by atoms with Crippen molar-refractivity contribution in [3.05, 3.63) is 53.1 Å². The number of carbonyl (C=O) groups is 1. The molecule has 2 aromatic rings. The van der Waals surface area contributed by atoms with Crippen LogP contribution < -0.4 is 15.1 Å². The van der Waals surface area contributed by atoms with E-state index in [1.165, 1.54) is 0 Å². The zero-order valence-electron chi connectivity index (χ0n) is 14.5. The zero-order chi connectivity index (χ0) is 17.8. The Morgan fingerprint density at radius 3 is 2.60 bits per heavy atom. The van der Waals surface area contributed by atoms with E-state index in [0.717, 1.165) is 24.5 Å². The lowest BCUT2D eigenvalue weighted by Gasteiger charge is -2.30. The van der Waals surface area contributed by atoms with Crippen molar-refractivity contribution in [2.45, 2.75) is 0 Å². The maximum absolute atomic E-state index is 12.9. The number of carbonyl (C=O) groups excluding carboxylic acids is 1. The zero-order valence-corrected chi connectivity index (χ0v) is 15.2. The highest BCUT2D eigenvalue weighted by molar-refractivity contribution is 6.31. The van der Waals surface area contributed by atoms with Crippen molar-refractivity contribution < 1.29 is 9.53 Å². The van der Waals surface area contributed by atoms with E-state index in [9.17, 15) is 4.79 Å². The molecule has 5 nitrogen and oxygen atoms in total. The molecule has 0 atom stereocenters. The Hall–Kier alpha value is -2.24. The maximum atomic E-state index is 12.9. The highest BCUT2D eigenvalue weighted by Crippen LogP contribution is 2.29. The molecule has 1 amide bonds. The summed E-state index contributed by atoms with van der Waals surface area (Å²) >= 11 is 6.11. The monoisotopic (exact) mass is 359 g/mol. The Kier molecular flexibility index (Phi) is 5.46. The van der Waals surface area contributed by atoms with Crippen LogP contribution >= 0.6 is 11.6 Å². The van der Waals surface area contributed by atoms with Crippen LogP contribution in [0, 0.1) is 0 Å². The summed E-state index contributed by atoms with van der Waals surface area (Å²) in [5, 5.41) is 3.59. The molecule has 0 radical (unpaired) electrons. The molecule has 6 heteroatoms. The average molecular weight is 360 g/mol. The predicted molar refractivity (Wildman–Crippen MR) is 103 cm³/mol. The fraction of sp³-hybridized carbons (Fsp3) is 0.316. The molecule has 1 N–H and O–H groups in total. The third kappa shape index (κ3) is 4.06. The second kappa shape index (κ2) is 7.76. The van der Waals surface area contributed by atoms with Gasteiger partial charge >= 0.3 is 0 Å². The molecule has 1 aliphatic rings. The molecule has 2 aromatic carbocycles. The van der Waals surface area contributed by atoms with Crippen LogP contribution in [0.5, 0.6) is 0 Å². The lowest BCUT2D eigenvalue weighted by atomic mass is 10.1. The van der Waals surface area contributed by atoms with Crippen molar-refractivity contribution in [2.24, 2.45) is 0 Å². The van der Waals surface area contributed by atoms with E-state index < -0.39 is 0 Å². The van der Waals surface area contributed by atoms with E-state index in [-0.39, 0.29) is 5.91 Å². The number of ether oxygens (including phenoxy) is 1. The van der Waals surface area contributed by atoms with Crippen LogP contribution in [0.4, 0.5) is 17.1 Å². The molecule has 1 heterocycles. The Morgan fingerprint density at radius 1 is 1.16 bits per heavy atom. The second-order valence-electron chi connectivity index (χ2n) is 6.13. The predicted octanol–water partition coefficient (Wildman–Crippen LogP) is 3.49. The molecule has 3 rings (SSSR count). The number of nitrogens with one attached hydrogen (secondary N) is 1. The van der Waals surface area contributed by atoms with Gasteiger partial charge in [-0.3, -0.25) is 4.79 Å². The van der Waals surface area contributed by atoms with Crippen molar-refractivity contribution in [1.29, 1.82) is 0 Å². The van der Waals surface area contributed by atoms with Gasteiger partial charge in [0.15, 0.2) is 0 Å². The summed E-state index contributed by atoms with van der Waals surface area (Å²) in [4.78, 5) is 17.1. The first-order chi connectivity index (χ1) is 12.1. The van der Waals surface area contributed by atoms with Gasteiger partial charge in [-0.2, -0.15) is 0 Å². The molecule has 0 unspecified atom stereocenters. The number of amides is 1.